The molecule has 2 fully saturated rings. The van der Waals surface area contributed by atoms with Gasteiger partial charge in [-0.15, -0.1) is 0 Å². The maximum Gasteiger partial charge on any atom is 0.310 e. The Kier molecular flexibility index (Phi) is 12.4. The predicted molar refractivity (Wildman–Crippen MR) is 117 cm³/mol. The van der Waals surface area contributed by atoms with Crippen molar-refractivity contribution in [2.24, 2.45) is 11.8 Å². The minimum absolute atomic E-state index is 0.0665. The summed E-state index contributed by atoms with van der Waals surface area (Å²) in [6.45, 7) is 2.74. The normalized spacial score (nSPS) is 22.9. The van der Waals surface area contributed by atoms with E-state index in [4.69, 9.17) is 9.47 Å². The highest BCUT2D eigenvalue weighted by Crippen LogP contribution is 2.33. The third-order valence-corrected chi connectivity index (χ3v) is 6.70. The van der Waals surface area contributed by atoms with Crippen LogP contribution in [0.5, 0.6) is 0 Å². The molecule has 0 radical (unpaired) electrons. The number of hydrogen-bond acceptors (Lipinski definition) is 4. The molecule has 0 aromatic rings. The van der Waals surface area contributed by atoms with Gasteiger partial charge in [0.15, 0.2) is 0 Å². The van der Waals surface area contributed by atoms with E-state index in [1.165, 1.54) is 51.4 Å². The van der Waals surface area contributed by atoms with E-state index in [0.29, 0.717) is 6.61 Å². The van der Waals surface area contributed by atoms with Gasteiger partial charge in [0.25, 0.3) is 0 Å². The number of carbonyl (C=O) groups excluding carboxylic acids is 2. The zero-order valence-electron chi connectivity index (χ0n) is 18.8. The molecule has 29 heavy (non-hydrogen) atoms. The quantitative estimate of drug-likeness (QED) is 0.250. The molecule has 2 atom stereocenters. The number of carbonyl (C=O) groups is 2. The molecular weight excluding hydrogens is 364 g/mol. The van der Waals surface area contributed by atoms with Gasteiger partial charge in [-0.2, -0.15) is 0 Å². The van der Waals surface area contributed by atoms with Crippen molar-refractivity contribution in [2.45, 2.75) is 129 Å². The molecule has 0 aromatic heterocycles. The maximum absolute atomic E-state index is 12.7. The Bertz CT molecular complexity index is 456. The molecule has 0 heterocycles. The van der Waals surface area contributed by atoms with Crippen LogP contribution in [0, 0.1) is 11.8 Å². The van der Waals surface area contributed by atoms with E-state index in [1.807, 2.05) is 0 Å². The molecule has 2 aliphatic carbocycles. The second-order valence-corrected chi connectivity index (χ2v) is 9.19. The standard InChI is InChI=1S/C25H44O4/c1-2-3-4-5-6-7-8-9-15-20-28-24(26)22-18-13-14-19-23(22)25(27)29-21-16-11-10-12-17-21/h21-23H,2-20H2,1H3. The Hall–Kier alpha value is -1.06. The molecule has 0 bridgehead atoms. The summed E-state index contributed by atoms with van der Waals surface area (Å²) in [5.41, 5.74) is 0. The minimum Gasteiger partial charge on any atom is -0.465 e. The van der Waals surface area contributed by atoms with E-state index in [0.717, 1.165) is 64.2 Å². The van der Waals surface area contributed by atoms with Crippen LogP contribution in [0.2, 0.25) is 0 Å². The average Bonchev–Trinajstić information content (AvgIpc) is 2.75. The maximum atomic E-state index is 12.7. The predicted octanol–water partition coefficient (Wildman–Crippen LogP) is 6.74. The van der Waals surface area contributed by atoms with Gasteiger partial charge in [0.1, 0.15) is 6.10 Å². The van der Waals surface area contributed by atoms with Crippen LogP contribution in [0.4, 0.5) is 0 Å². The van der Waals surface area contributed by atoms with E-state index in [1.54, 1.807) is 0 Å². The summed E-state index contributed by atoms with van der Waals surface area (Å²) in [5.74, 6) is -0.906. The molecule has 0 N–H and O–H groups in total. The third-order valence-electron chi connectivity index (χ3n) is 6.70. The lowest BCUT2D eigenvalue weighted by Gasteiger charge is -2.30. The Labute approximate surface area is 178 Å². The van der Waals surface area contributed by atoms with Crippen LogP contribution in [0.1, 0.15) is 122 Å². The van der Waals surface area contributed by atoms with Gasteiger partial charge in [0.2, 0.25) is 0 Å². The van der Waals surface area contributed by atoms with Crippen molar-refractivity contribution >= 4 is 11.9 Å². The molecule has 2 aliphatic rings. The Morgan fingerprint density at radius 3 is 1.79 bits per heavy atom. The van der Waals surface area contributed by atoms with E-state index in [9.17, 15) is 9.59 Å². The molecule has 4 heteroatoms. The molecule has 0 spiro atoms. The minimum atomic E-state index is -0.293. The SMILES string of the molecule is CCCCCCCCCCCOC(=O)C1CCCCC1C(=O)OC1CCCCC1. The lowest BCUT2D eigenvalue weighted by Crippen LogP contribution is -2.37. The zero-order chi connectivity index (χ0) is 20.7. The molecule has 0 aromatic carbocycles. The summed E-state index contributed by atoms with van der Waals surface area (Å²) in [5, 5.41) is 0. The van der Waals surface area contributed by atoms with Gasteiger partial charge in [-0.1, -0.05) is 77.6 Å². The van der Waals surface area contributed by atoms with Crippen LogP contribution in [0.25, 0.3) is 0 Å². The fourth-order valence-corrected chi connectivity index (χ4v) is 4.82. The van der Waals surface area contributed by atoms with Crippen molar-refractivity contribution in [1.29, 1.82) is 0 Å². The fraction of sp³-hybridized carbons (Fsp3) is 0.920. The van der Waals surface area contributed by atoms with Crippen LogP contribution < -0.4 is 0 Å². The third kappa shape index (κ3) is 9.53. The van der Waals surface area contributed by atoms with Gasteiger partial charge in [0, 0.05) is 0 Å². The first-order chi connectivity index (χ1) is 14.2. The van der Waals surface area contributed by atoms with Crippen molar-refractivity contribution in [3.63, 3.8) is 0 Å². The number of rotatable bonds is 13. The van der Waals surface area contributed by atoms with Gasteiger partial charge in [-0.25, -0.2) is 0 Å². The number of hydrogen-bond donors (Lipinski definition) is 0. The monoisotopic (exact) mass is 408 g/mol. The number of ether oxygens (including phenoxy) is 2. The van der Waals surface area contributed by atoms with Gasteiger partial charge < -0.3 is 9.47 Å². The summed E-state index contributed by atoms with van der Waals surface area (Å²) in [6.07, 6.45) is 20.4. The summed E-state index contributed by atoms with van der Waals surface area (Å²) >= 11 is 0. The van der Waals surface area contributed by atoms with Gasteiger partial charge in [-0.3, -0.25) is 9.59 Å². The van der Waals surface area contributed by atoms with Crippen molar-refractivity contribution in [1.82, 2.24) is 0 Å². The van der Waals surface area contributed by atoms with E-state index < -0.39 is 0 Å². The average molecular weight is 409 g/mol. The first kappa shape index (κ1) is 24.2. The Balaban J connectivity index is 1.61. The zero-order valence-corrected chi connectivity index (χ0v) is 18.8. The lowest BCUT2D eigenvalue weighted by atomic mass is 9.79. The van der Waals surface area contributed by atoms with Gasteiger partial charge in [-0.05, 0) is 44.9 Å². The molecule has 0 aliphatic heterocycles. The molecule has 2 unspecified atom stereocenters. The van der Waals surface area contributed by atoms with Crippen LogP contribution in [-0.4, -0.2) is 24.6 Å². The second kappa shape index (κ2) is 14.8. The van der Waals surface area contributed by atoms with Crippen LogP contribution in [-0.2, 0) is 19.1 Å². The molecule has 2 rings (SSSR count). The molecule has 168 valence electrons. The van der Waals surface area contributed by atoms with Crippen molar-refractivity contribution in [3.05, 3.63) is 0 Å². The van der Waals surface area contributed by atoms with Crippen molar-refractivity contribution in [2.75, 3.05) is 6.61 Å². The number of esters is 2. The topological polar surface area (TPSA) is 52.6 Å². The van der Waals surface area contributed by atoms with Crippen LogP contribution >= 0.6 is 0 Å². The van der Waals surface area contributed by atoms with E-state index >= 15 is 0 Å². The molecule has 2 saturated carbocycles. The van der Waals surface area contributed by atoms with E-state index in [-0.39, 0.29) is 29.9 Å². The molecule has 4 nitrogen and oxygen atoms in total. The summed E-state index contributed by atoms with van der Waals surface area (Å²) in [4.78, 5) is 25.3. The van der Waals surface area contributed by atoms with Crippen molar-refractivity contribution < 1.29 is 19.1 Å². The summed E-state index contributed by atoms with van der Waals surface area (Å²) in [6, 6.07) is 0. The number of unbranched alkanes of at least 4 members (excludes halogenated alkanes) is 8. The first-order valence-electron chi connectivity index (χ1n) is 12.6. The second-order valence-electron chi connectivity index (χ2n) is 9.19. The lowest BCUT2D eigenvalue weighted by molar-refractivity contribution is -0.167. The van der Waals surface area contributed by atoms with E-state index in [2.05, 4.69) is 6.92 Å². The van der Waals surface area contributed by atoms with Crippen LogP contribution in [0.15, 0.2) is 0 Å². The Morgan fingerprint density at radius 2 is 1.17 bits per heavy atom. The smallest absolute Gasteiger partial charge is 0.310 e. The molecule has 0 amide bonds. The summed E-state index contributed by atoms with van der Waals surface area (Å²) in [7, 11) is 0. The Morgan fingerprint density at radius 1 is 0.655 bits per heavy atom. The molecular formula is C25H44O4. The highest BCUT2D eigenvalue weighted by Gasteiger charge is 2.38. The first-order valence-corrected chi connectivity index (χ1v) is 12.6. The van der Waals surface area contributed by atoms with Gasteiger partial charge in [0.05, 0.1) is 18.4 Å². The van der Waals surface area contributed by atoms with Gasteiger partial charge >= 0.3 is 11.9 Å². The van der Waals surface area contributed by atoms with Crippen LogP contribution in [0.3, 0.4) is 0 Å². The highest BCUT2D eigenvalue weighted by molar-refractivity contribution is 5.82. The fourth-order valence-electron chi connectivity index (χ4n) is 4.82. The van der Waals surface area contributed by atoms with Crippen molar-refractivity contribution in [3.8, 4) is 0 Å². The largest absolute Gasteiger partial charge is 0.465 e. The summed E-state index contributed by atoms with van der Waals surface area (Å²) < 4.78 is 11.3. The molecule has 0 saturated heterocycles. The highest BCUT2D eigenvalue weighted by atomic mass is 16.5.